The van der Waals surface area contributed by atoms with E-state index >= 15 is 0 Å². The second kappa shape index (κ2) is 8.51. The number of ether oxygens (including phenoxy) is 1. The number of nitrogens with one attached hydrogen (secondary N) is 2. The topological polar surface area (TPSA) is 106 Å². The summed E-state index contributed by atoms with van der Waals surface area (Å²) in [5.74, 6) is -0.0564. The van der Waals surface area contributed by atoms with Crippen molar-refractivity contribution < 1.29 is 18.7 Å². The molecule has 0 spiro atoms. The Morgan fingerprint density at radius 2 is 1.96 bits per heavy atom. The van der Waals surface area contributed by atoms with Gasteiger partial charge >= 0.3 is 12.0 Å². The van der Waals surface area contributed by atoms with Crippen molar-refractivity contribution in [2.24, 2.45) is 5.92 Å². The summed E-state index contributed by atoms with van der Waals surface area (Å²) >= 11 is 0. The molecule has 3 aromatic rings. The highest BCUT2D eigenvalue weighted by Gasteiger charge is 2.26. The van der Waals surface area contributed by atoms with Crippen molar-refractivity contribution in [2.75, 3.05) is 12.4 Å². The number of amides is 2. The van der Waals surface area contributed by atoms with Crippen LogP contribution in [0.2, 0.25) is 0 Å². The molecule has 2 heterocycles. The molecular weight excluding hydrogens is 360 g/mol. The van der Waals surface area contributed by atoms with Crippen LogP contribution in [-0.4, -0.2) is 35.1 Å². The lowest BCUT2D eigenvalue weighted by molar-refractivity contribution is -0.144. The summed E-state index contributed by atoms with van der Waals surface area (Å²) in [7, 11) is 1.30. The Morgan fingerprint density at radius 1 is 1.21 bits per heavy atom. The maximum atomic E-state index is 12.3. The number of urea groups is 1. The van der Waals surface area contributed by atoms with Gasteiger partial charge in [-0.25, -0.2) is 14.6 Å². The van der Waals surface area contributed by atoms with Crippen LogP contribution in [0, 0.1) is 5.92 Å². The van der Waals surface area contributed by atoms with Gasteiger partial charge < -0.3 is 19.8 Å². The van der Waals surface area contributed by atoms with Crippen LogP contribution in [0.15, 0.2) is 47.1 Å². The average molecular weight is 382 g/mol. The number of benzene rings is 1. The number of methoxy groups -OCH3 is 1. The quantitative estimate of drug-likeness (QED) is 0.631. The molecular formula is C20H22N4O4. The molecule has 3 rings (SSSR count). The van der Waals surface area contributed by atoms with E-state index < -0.39 is 18.0 Å². The van der Waals surface area contributed by atoms with E-state index in [2.05, 4.69) is 20.6 Å². The fraction of sp³-hybridized carbons (Fsp3) is 0.300. The van der Waals surface area contributed by atoms with Gasteiger partial charge in [-0.2, -0.15) is 0 Å². The molecule has 0 radical (unpaired) electrons. The molecule has 2 atom stereocenters. The molecule has 2 amide bonds. The molecule has 8 nitrogen and oxygen atoms in total. The molecule has 1 aromatic carbocycles. The van der Waals surface area contributed by atoms with Gasteiger partial charge in [-0.1, -0.05) is 20.3 Å². The molecule has 2 unspecified atom stereocenters. The lowest BCUT2D eigenvalue weighted by Gasteiger charge is -2.21. The molecule has 0 saturated heterocycles. The van der Waals surface area contributed by atoms with E-state index in [0.717, 1.165) is 12.0 Å². The fourth-order valence-corrected chi connectivity index (χ4v) is 2.73. The molecule has 2 N–H and O–H groups in total. The predicted octanol–water partition coefficient (Wildman–Crippen LogP) is 3.60. The number of carbonyl (C=O) groups excluding carboxylic acids is 2. The molecule has 0 aliphatic carbocycles. The molecule has 0 saturated carbocycles. The number of hydrogen-bond acceptors (Lipinski definition) is 6. The van der Waals surface area contributed by atoms with E-state index in [0.29, 0.717) is 22.7 Å². The average Bonchev–Trinajstić information content (AvgIpc) is 3.15. The van der Waals surface area contributed by atoms with E-state index in [1.54, 1.807) is 42.7 Å². The van der Waals surface area contributed by atoms with E-state index in [1.165, 1.54) is 7.11 Å². The summed E-state index contributed by atoms with van der Waals surface area (Å²) in [6.07, 6.45) is 4.05. The summed E-state index contributed by atoms with van der Waals surface area (Å²) < 4.78 is 10.5. The SMILES string of the molecule is CCC(C)C(NC(=O)Nc1ccc2oc(-c3ccncc3)nc2c1)C(=O)OC. The number of pyridine rings is 1. The Bertz CT molecular complexity index is 971. The van der Waals surface area contributed by atoms with Gasteiger partial charge in [0.2, 0.25) is 5.89 Å². The van der Waals surface area contributed by atoms with E-state index in [9.17, 15) is 9.59 Å². The second-order valence-electron chi connectivity index (χ2n) is 6.42. The van der Waals surface area contributed by atoms with Crippen LogP contribution < -0.4 is 10.6 Å². The number of esters is 1. The van der Waals surface area contributed by atoms with Gasteiger partial charge in [0.15, 0.2) is 5.58 Å². The van der Waals surface area contributed by atoms with Crippen molar-refractivity contribution in [1.82, 2.24) is 15.3 Å². The van der Waals surface area contributed by atoms with Crippen molar-refractivity contribution in [3.63, 3.8) is 0 Å². The number of aromatic nitrogens is 2. The van der Waals surface area contributed by atoms with E-state index in [-0.39, 0.29) is 5.92 Å². The molecule has 0 aliphatic rings. The summed E-state index contributed by atoms with van der Waals surface area (Å²) in [4.78, 5) is 32.7. The zero-order chi connectivity index (χ0) is 20.1. The van der Waals surface area contributed by atoms with Gasteiger partial charge in [-0.05, 0) is 36.2 Å². The Labute approximate surface area is 162 Å². The third-order valence-electron chi connectivity index (χ3n) is 4.53. The molecule has 8 heteroatoms. The van der Waals surface area contributed by atoms with Crippen molar-refractivity contribution in [3.8, 4) is 11.5 Å². The Morgan fingerprint density at radius 3 is 2.64 bits per heavy atom. The minimum absolute atomic E-state index is 0.0564. The molecule has 0 bridgehead atoms. The van der Waals surface area contributed by atoms with Crippen molar-refractivity contribution in [2.45, 2.75) is 26.3 Å². The normalized spacial score (nSPS) is 13.0. The van der Waals surface area contributed by atoms with Crippen LogP contribution in [0.4, 0.5) is 10.5 Å². The highest BCUT2D eigenvalue weighted by atomic mass is 16.5. The van der Waals surface area contributed by atoms with Gasteiger partial charge in [0.05, 0.1) is 7.11 Å². The molecule has 2 aromatic heterocycles. The molecule has 0 aliphatic heterocycles. The minimum Gasteiger partial charge on any atom is -0.467 e. The first-order chi connectivity index (χ1) is 13.5. The van der Waals surface area contributed by atoms with Gasteiger partial charge in [0.1, 0.15) is 11.6 Å². The van der Waals surface area contributed by atoms with Crippen molar-refractivity contribution in [1.29, 1.82) is 0 Å². The number of oxazole rings is 1. The Balaban J connectivity index is 1.75. The van der Waals surface area contributed by atoms with Crippen LogP contribution in [0.1, 0.15) is 20.3 Å². The zero-order valence-corrected chi connectivity index (χ0v) is 15.9. The number of fused-ring (bicyclic) bond motifs is 1. The van der Waals surface area contributed by atoms with Gasteiger partial charge in [0.25, 0.3) is 0 Å². The number of anilines is 1. The lowest BCUT2D eigenvalue weighted by Crippen LogP contribution is -2.47. The predicted molar refractivity (Wildman–Crippen MR) is 105 cm³/mol. The zero-order valence-electron chi connectivity index (χ0n) is 15.9. The number of carbonyl (C=O) groups is 2. The first-order valence-corrected chi connectivity index (χ1v) is 8.98. The molecule has 0 fully saturated rings. The van der Waals surface area contributed by atoms with Gasteiger partial charge in [-0.3, -0.25) is 4.98 Å². The van der Waals surface area contributed by atoms with Crippen LogP contribution in [0.25, 0.3) is 22.6 Å². The van der Waals surface area contributed by atoms with Crippen LogP contribution in [-0.2, 0) is 9.53 Å². The smallest absolute Gasteiger partial charge is 0.328 e. The second-order valence-corrected chi connectivity index (χ2v) is 6.42. The van der Waals surface area contributed by atoms with Crippen LogP contribution in [0.3, 0.4) is 0 Å². The standard InChI is InChI=1S/C20H22N4O4/c1-4-12(2)17(19(25)27-3)24-20(26)22-14-5-6-16-15(11-14)23-18(28-16)13-7-9-21-10-8-13/h5-12,17H,4H2,1-3H3,(H2,22,24,26). The third kappa shape index (κ3) is 4.28. The monoisotopic (exact) mass is 382 g/mol. The fourth-order valence-electron chi connectivity index (χ4n) is 2.73. The first-order valence-electron chi connectivity index (χ1n) is 8.98. The highest BCUT2D eigenvalue weighted by Crippen LogP contribution is 2.25. The minimum atomic E-state index is -0.718. The lowest BCUT2D eigenvalue weighted by atomic mass is 9.99. The van der Waals surface area contributed by atoms with Crippen molar-refractivity contribution in [3.05, 3.63) is 42.7 Å². The van der Waals surface area contributed by atoms with E-state index in [1.807, 2.05) is 13.8 Å². The van der Waals surface area contributed by atoms with Crippen molar-refractivity contribution >= 4 is 28.8 Å². The summed E-state index contributed by atoms with van der Waals surface area (Å²) in [6.45, 7) is 3.82. The summed E-state index contributed by atoms with van der Waals surface area (Å²) in [6, 6.07) is 7.55. The molecule has 28 heavy (non-hydrogen) atoms. The highest BCUT2D eigenvalue weighted by molar-refractivity contribution is 5.94. The van der Waals surface area contributed by atoms with Gasteiger partial charge in [-0.15, -0.1) is 0 Å². The van der Waals surface area contributed by atoms with Gasteiger partial charge in [0, 0.05) is 23.6 Å². The number of rotatable bonds is 6. The summed E-state index contributed by atoms with van der Waals surface area (Å²) in [5.41, 5.74) is 2.56. The number of hydrogen-bond donors (Lipinski definition) is 2. The first kappa shape index (κ1) is 19.3. The Hall–Kier alpha value is -3.42. The number of nitrogens with zero attached hydrogens (tertiary/aromatic N) is 2. The largest absolute Gasteiger partial charge is 0.467 e. The maximum Gasteiger partial charge on any atom is 0.328 e. The third-order valence-corrected chi connectivity index (χ3v) is 4.53. The van der Waals surface area contributed by atoms with Crippen LogP contribution in [0.5, 0.6) is 0 Å². The van der Waals surface area contributed by atoms with Crippen LogP contribution >= 0.6 is 0 Å². The summed E-state index contributed by atoms with van der Waals surface area (Å²) in [5, 5.41) is 5.39. The van der Waals surface area contributed by atoms with E-state index in [4.69, 9.17) is 9.15 Å². The molecule has 146 valence electrons. The maximum absolute atomic E-state index is 12.3. The Kier molecular flexibility index (Phi) is 5.88.